The molecule has 1 unspecified atom stereocenters. The van der Waals surface area contributed by atoms with Crippen LogP contribution in [-0.4, -0.2) is 32.8 Å². The lowest BCUT2D eigenvalue weighted by atomic mass is 10.1. The first-order valence-electron chi connectivity index (χ1n) is 7.51. The van der Waals surface area contributed by atoms with Crippen LogP contribution in [0, 0.1) is 0 Å². The number of rotatable bonds is 6. The Kier molecular flexibility index (Phi) is 6.33. The minimum atomic E-state index is 0.369. The number of nitrogens with one attached hydrogen (secondary N) is 1. The van der Waals surface area contributed by atoms with Gasteiger partial charge in [0.05, 0.1) is 6.10 Å². The van der Waals surface area contributed by atoms with Gasteiger partial charge in [-0.05, 0) is 43.5 Å². The van der Waals surface area contributed by atoms with E-state index in [0.717, 1.165) is 26.2 Å². The summed E-state index contributed by atoms with van der Waals surface area (Å²) in [5.41, 5.74) is 2.61. The van der Waals surface area contributed by atoms with Gasteiger partial charge in [-0.2, -0.15) is 0 Å². The molecule has 1 saturated heterocycles. The van der Waals surface area contributed by atoms with Gasteiger partial charge in [0.1, 0.15) is 0 Å². The molecule has 20 heavy (non-hydrogen) atoms. The van der Waals surface area contributed by atoms with Crippen molar-refractivity contribution >= 4 is 21.6 Å². The second-order valence-electron chi connectivity index (χ2n) is 5.40. The highest BCUT2D eigenvalue weighted by molar-refractivity contribution is 9.10. The molecular weight excluding hydrogens is 316 g/mol. The zero-order valence-corrected chi connectivity index (χ0v) is 14.1. The maximum absolute atomic E-state index is 5.50. The van der Waals surface area contributed by atoms with Crippen LogP contribution in [0.25, 0.3) is 0 Å². The summed E-state index contributed by atoms with van der Waals surface area (Å²) in [6.45, 7) is 6.30. The van der Waals surface area contributed by atoms with Gasteiger partial charge < -0.3 is 15.0 Å². The number of nitrogens with zero attached hydrogens (tertiary/aromatic N) is 1. The molecule has 1 atom stereocenters. The standard InChI is InChI=1S/C16H25BrN2O/c1-3-8-18-11-13-6-7-14(10-16(13)17)19-9-4-5-15(12-19)20-2/h6-7,10,15,18H,3-5,8-9,11-12H2,1-2H3. The van der Waals surface area contributed by atoms with Gasteiger partial charge >= 0.3 is 0 Å². The molecule has 1 aliphatic heterocycles. The van der Waals surface area contributed by atoms with Crippen molar-refractivity contribution in [2.24, 2.45) is 0 Å². The maximum Gasteiger partial charge on any atom is 0.0746 e. The van der Waals surface area contributed by atoms with E-state index in [-0.39, 0.29) is 0 Å². The van der Waals surface area contributed by atoms with Crippen molar-refractivity contribution in [1.82, 2.24) is 5.32 Å². The maximum atomic E-state index is 5.50. The molecule has 1 aromatic carbocycles. The first kappa shape index (κ1) is 15.8. The van der Waals surface area contributed by atoms with Crippen LogP contribution in [-0.2, 0) is 11.3 Å². The third-order valence-electron chi connectivity index (χ3n) is 3.86. The molecule has 1 heterocycles. The summed E-state index contributed by atoms with van der Waals surface area (Å²) < 4.78 is 6.69. The minimum absolute atomic E-state index is 0.369. The summed E-state index contributed by atoms with van der Waals surface area (Å²) in [6.07, 6.45) is 3.92. The van der Waals surface area contributed by atoms with Gasteiger partial charge in [-0.15, -0.1) is 0 Å². The average molecular weight is 341 g/mol. The highest BCUT2D eigenvalue weighted by atomic mass is 79.9. The molecule has 0 amide bonds. The molecule has 1 aliphatic rings. The van der Waals surface area contributed by atoms with Crippen molar-refractivity contribution < 1.29 is 4.74 Å². The lowest BCUT2D eigenvalue weighted by molar-refractivity contribution is 0.0893. The van der Waals surface area contributed by atoms with E-state index in [1.165, 1.54) is 35.0 Å². The summed E-state index contributed by atoms with van der Waals surface area (Å²) >= 11 is 3.70. The van der Waals surface area contributed by atoms with Gasteiger partial charge in [0.25, 0.3) is 0 Å². The zero-order chi connectivity index (χ0) is 14.4. The van der Waals surface area contributed by atoms with Crippen LogP contribution < -0.4 is 10.2 Å². The largest absolute Gasteiger partial charge is 0.380 e. The normalized spacial score (nSPS) is 19.4. The van der Waals surface area contributed by atoms with Crippen LogP contribution in [0.15, 0.2) is 22.7 Å². The Morgan fingerprint density at radius 3 is 3.00 bits per heavy atom. The molecule has 1 aromatic rings. The van der Waals surface area contributed by atoms with Crippen LogP contribution >= 0.6 is 15.9 Å². The van der Waals surface area contributed by atoms with E-state index in [0.29, 0.717) is 6.10 Å². The Labute approximate surface area is 130 Å². The fourth-order valence-corrected chi connectivity index (χ4v) is 3.15. The van der Waals surface area contributed by atoms with Gasteiger partial charge in [0.15, 0.2) is 0 Å². The minimum Gasteiger partial charge on any atom is -0.380 e. The van der Waals surface area contributed by atoms with Crippen molar-refractivity contribution in [3.05, 3.63) is 28.2 Å². The Bertz CT molecular complexity index is 425. The van der Waals surface area contributed by atoms with Crippen molar-refractivity contribution in [3.8, 4) is 0 Å². The number of halogens is 1. The van der Waals surface area contributed by atoms with Crippen LogP contribution in [0.2, 0.25) is 0 Å². The molecule has 4 heteroatoms. The highest BCUT2D eigenvalue weighted by Gasteiger charge is 2.20. The summed E-state index contributed by atoms with van der Waals surface area (Å²) in [5, 5.41) is 3.44. The number of benzene rings is 1. The van der Waals surface area contributed by atoms with Crippen molar-refractivity contribution in [2.45, 2.75) is 38.8 Å². The third-order valence-corrected chi connectivity index (χ3v) is 4.59. The zero-order valence-electron chi connectivity index (χ0n) is 12.5. The second kappa shape index (κ2) is 8.01. The molecule has 0 aromatic heterocycles. The molecule has 2 rings (SSSR count). The molecule has 0 aliphatic carbocycles. The van der Waals surface area contributed by atoms with Crippen molar-refractivity contribution in [3.63, 3.8) is 0 Å². The van der Waals surface area contributed by atoms with Crippen LogP contribution in [0.5, 0.6) is 0 Å². The number of piperidine rings is 1. The molecule has 1 fully saturated rings. The third kappa shape index (κ3) is 4.21. The first-order valence-corrected chi connectivity index (χ1v) is 8.30. The van der Waals surface area contributed by atoms with Gasteiger partial charge in [0, 0.05) is 36.9 Å². The lowest BCUT2D eigenvalue weighted by Crippen LogP contribution is -2.39. The van der Waals surface area contributed by atoms with Gasteiger partial charge in [-0.1, -0.05) is 28.9 Å². The van der Waals surface area contributed by atoms with Crippen LogP contribution in [0.1, 0.15) is 31.7 Å². The smallest absolute Gasteiger partial charge is 0.0746 e. The van der Waals surface area contributed by atoms with Crippen LogP contribution in [0.3, 0.4) is 0 Å². The molecule has 1 N–H and O–H groups in total. The van der Waals surface area contributed by atoms with E-state index in [4.69, 9.17) is 4.74 Å². The fraction of sp³-hybridized carbons (Fsp3) is 0.625. The summed E-state index contributed by atoms with van der Waals surface area (Å²) in [4.78, 5) is 2.42. The molecular formula is C16H25BrN2O. The van der Waals surface area contributed by atoms with Crippen molar-refractivity contribution in [1.29, 1.82) is 0 Å². The van der Waals surface area contributed by atoms with E-state index < -0.39 is 0 Å². The lowest BCUT2D eigenvalue weighted by Gasteiger charge is -2.33. The molecule has 0 saturated carbocycles. The molecule has 0 bridgehead atoms. The predicted octanol–water partition coefficient (Wildman–Crippen LogP) is 3.56. The monoisotopic (exact) mass is 340 g/mol. The Morgan fingerprint density at radius 2 is 2.30 bits per heavy atom. The predicted molar refractivity (Wildman–Crippen MR) is 88.4 cm³/mol. The SMILES string of the molecule is CCCNCc1ccc(N2CCCC(OC)C2)cc1Br. The molecule has 3 nitrogen and oxygen atoms in total. The van der Waals surface area contributed by atoms with E-state index in [2.05, 4.69) is 51.3 Å². The van der Waals surface area contributed by atoms with Gasteiger partial charge in [-0.25, -0.2) is 0 Å². The van der Waals surface area contributed by atoms with Gasteiger partial charge in [0.2, 0.25) is 0 Å². The van der Waals surface area contributed by atoms with Crippen LogP contribution in [0.4, 0.5) is 5.69 Å². The Hall–Kier alpha value is -0.580. The summed E-state index contributed by atoms with van der Waals surface area (Å²) in [6, 6.07) is 6.69. The number of ether oxygens (including phenoxy) is 1. The Morgan fingerprint density at radius 1 is 1.45 bits per heavy atom. The molecule has 0 spiro atoms. The van der Waals surface area contributed by atoms with E-state index in [1.54, 1.807) is 0 Å². The molecule has 112 valence electrons. The van der Waals surface area contributed by atoms with Crippen molar-refractivity contribution in [2.75, 3.05) is 31.6 Å². The fourth-order valence-electron chi connectivity index (χ4n) is 2.64. The summed E-state index contributed by atoms with van der Waals surface area (Å²) in [7, 11) is 1.81. The Balaban J connectivity index is 2.00. The summed E-state index contributed by atoms with van der Waals surface area (Å²) in [5.74, 6) is 0. The highest BCUT2D eigenvalue weighted by Crippen LogP contribution is 2.27. The van der Waals surface area contributed by atoms with Gasteiger partial charge in [-0.3, -0.25) is 0 Å². The second-order valence-corrected chi connectivity index (χ2v) is 6.25. The quantitative estimate of drug-likeness (QED) is 0.801. The number of anilines is 1. The number of hydrogen-bond donors (Lipinski definition) is 1. The molecule has 0 radical (unpaired) electrons. The topological polar surface area (TPSA) is 24.5 Å². The number of hydrogen-bond acceptors (Lipinski definition) is 3. The van der Waals surface area contributed by atoms with E-state index in [1.807, 2.05) is 7.11 Å². The average Bonchev–Trinajstić information content (AvgIpc) is 2.49. The number of methoxy groups -OCH3 is 1. The van der Waals surface area contributed by atoms with E-state index in [9.17, 15) is 0 Å². The van der Waals surface area contributed by atoms with E-state index >= 15 is 0 Å². The first-order chi connectivity index (χ1) is 9.74.